The number of fused-ring (bicyclic) bond motifs is 1. The van der Waals surface area contributed by atoms with Gasteiger partial charge in [0.2, 0.25) is 0 Å². The summed E-state index contributed by atoms with van der Waals surface area (Å²) in [5, 5.41) is 3.29. The van der Waals surface area contributed by atoms with Crippen LogP contribution >= 0.6 is 0 Å². The number of nitrogens with zero attached hydrogens (tertiary/aromatic N) is 1. The van der Waals surface area contributed by atoms with Gasteiger partial charge in [0.25, 0.3) is 11.8 Å². The number of halogens is 1. The zero-order valence-corrected chi connectivity index (χ0v) is 20.1. The number of hydrogen-bond donors (Lipinski definition) is 3. The third-order valence-corrected chi connectivity index (χ3v) is 5.92. The van der Waals surface area contributed by atoms with Crippen molar-refractivity contribution in [1.82, 2.24) is 10.3 Å². The molecule has 4 N–H and O–H groups in total. The van der Waals surface area contributed by atoms with E-state index in [1.807, 2.05) is 4.90 Å². The molecule has 8 nitrogen and oxygen atoms in total. The Morgan fingerprint density at radius 1 is 1.17 bits per heavy atom. The van der Waals surface area contributed by atoms with Crippen LogP contribution in [0.25, 0.3) is 10.9 Å². The first kappa shape index (κ1) is 24.5. The van der Waals surface area contributed by atoms with Gasteiger partial charge >= 0.3 is 0 Å². The molecule has 0 bridgehead atoms. The highest BCUT2D eigenvalue weighted by Gasteiger charge is 2.29. The molecule has 1 aromatic heterocycles. The average Bonchev–Trinajstić information content (AvgIpc) is 3.49. The monoisotopic (exact) mass is 488 g/mol. The van der Waals surface area contributed by atoms with Crippen molar-refractivity contribution in [3.8, 4) is 35.2 Å². The van der Waals surface area contributed by atoms with Crippen LogP contribution in [-0.4, -0.2) is 50.1 Å². The molecule has 184 valence electrons. The van der Waals surface area contributed by atoms with E-state index in [4.69, 9.17) is 15.2 Å². The number of hydrogen-bond acceptors (Lipinski definition) is 5. The van der Waals surface area contributed by atoms with Gasteiger partial charge in [0.15, 0.2) is 0 Å². The van der Waals surface area contributed by atoms with Crippen molar-refractivity contribution in [2.75, 3.05) is 32.2 Å². The largest absolute Gasteiger partial charge is 0.497 e. The first-order valence-corrected chi connectivity index (χ1v) is 11.2. The Bertz CT molecular complexity index is 1450. The second kappa shape index (κ2) is 10.3. The minimum absolute atomic E-state index is 0.0321. The molecule has 1 fully saturated rings. The van der Waals surface area contributed by atoms with E-state index in [-0.39, 0.29) is 17.5 Å². The molecule has 1 saturated heterocycles. The van der Waals surface area contributed by atoms with Gasteiger partial charge in [-0.25, -0.2) is 4.39 Å². The number of H-pyrrole nitrogens is 1. The number of nitrogens with one attached hydrogen (secondary N) is 2. The van der Waals surface area contributed by atoms with Gasteiger partial charge in [0, 0.05) is 42.3 Å². The molecule has 2 aromatic carbocycles. The molecule has 9 heteroatoms. The fourth-order valence-electron chi connectivity index (χ4n) is 4.31. The lowest BCUT2D eigenvalue weighted by molar-refractivity contribution is -0.116. The summed E-state index contributed by atoms with van der Waals surface area (Å²) in [5.74, 6) is 10.6. The SMILES string of the molecule is CC#CC(=O)N[C@H]1CCN(c2c(F)cc(C(N)=O)c3[nH]cc(C#Cc4cc(OC)cc(OC)c4)c23)C1. The predicted octanol–water partition coefficient (Wildman–Crippen LogP) is 2.54. The van der Waals surface area contributed by atoms with Gasteiger partial charge < -0.3 is 30.4 Å². The fraction of sp³-hybridized carbons (Fsp3) is 0.259. The van der Waals surface area contributed by atoms with E-state index in [1.165, 1.54) is 0 Å². The van der Waals surface area contributed by atoms with E-state index in [0.717, 1.165) is 6.07 Å². The summed E-state index contributed by atoms with van der Waals surface area (Å²) in [7, 11) is 3.10. The van der Waals surface area contributed by atoms with Crippen molar-refractivity contribution in [1.29, 1.82) is 0 Å². The zero-order chi connectivity index (χ0) is 25.8. The van der Waals surface area contributed by atoms with E-state index in [1.54, 1.807) is 45.5 Å². The first-order valence-electron chi connectivity index (χ1n) is 11.2. The summed E-state index contributed by atoms with van der Waals surface area (Å²) in [5.41, 5.74) is 7.38. The summed E-state index contributed by atoms with van der Waals surface area (Å²) in [4.78, 5) is 28.8. The number of nitrogens with two attached hydrogens (primary N) is 1. The highest BCUT2D eigenvalue weighted by atomic mass is 19.1. The summed E-state index contributed by atoms with van der Waals surface area (Å²) >= 11 is 0. The van der Waals surface area contributed by atoms with Crippen molar-refractivity contribution < 1.29 is 23.5 Å². The van der Waals surface area contributed by atoms with Crippen molar-refractivity contribution in [2.24, 2.45) is 5.73 Å². The second-order valence-electron chi connectivity index (χ2n) is 8.20. The Kier molecular flexibility index (Phi) is 7.03. The second-order valence-corrected chi connectivity index (χ2v) is 8.20. The summed E-state index contributed by atoms with van der Waals surface area (Å²) < 4.78 is 26.1. The number of carbonyl (C=O) groups is 2. The van der Waals surface area contributed by atoms with Crippen LogP contribution in [0.4, 0.5) is 10.1 Å². The third-order valence-electron chi connectivity index (χ3n) is 5.92. The maximum atomic E-state index is 15.5. The van der Waals surface area contributed by atoms with Gasteiger partial charge in [-0.2, -0.15) is 0 Å². The van der Waals surface area contributed by atoms with Crippen LogP contribution in [0.3, 0.4) is 0 Å². The van der Waals surface area contributed by atoms with E-state index in [9.17, 15) is 9.59 Å². The van der Waals surface area contributed by atoms with Gasteiger partial charge in [0.05, 0.1) is 36.6 Å². The molecule has 3 aromatic rings. The third kappa shape index (κ3) is 4.91. The molecule has 1 aliphatic rings. The first-order chi connectivity index (χ1) is 17.3. The number of aromatic amines is 1. The lowest BCUT2D eigenvalue weighted by Crippen LogP contribution is -2.36. The summed E-state index contributed by atoms with van der Waals surface area (Å²) in [6.45, 7) is 2.46. The Labute approximate surface area is 207 Å². The highest BCUT2D eigenvalue weighted by molar-refractivity contribution is 6.10. The van der Waals surface area contributed by atoms with Gasteiger partial charge in [-0.05, 0) is 37.5 Å². The minimum atomic E-state index is -0.756. The number of amides is 2. The van der Waals surface area contributed by atoms with E-state index in [0.29, 0.717) is 58.7 Å². The number of ether oxygens (including phenoxy) is 2. The lowest BCUT2D eigenvalue weighted by atomic mass is 10.0. The van der Waals surface area contributed by atoms with Crippen LogP contribution in [0.5, 0.6) is 11.5 Å². The predicted molar refractivity (Wildman–Crippen MR) is 135 cm³/mol. The molecular formula is C27H25FN4O4. The normalized spacial score (nSPS) is 14.4. The van der Waals surface area contributed by atoms with Crippen LogP contribution < -0.4 is 25.4 Å². The smallest absolute Gasteiger partial charge is 0.296 e. The molecule has 4 rings (SSSR count). The fourth-order valence-corrected chi connectivity index (χ4v) is 4.31. The van der Waals surface area contributed by atoms with Crippen LogP contribution in [0.1, 0.15) is 34.8 Å². The number of benzene rings is 2. The molecule has 2 amide bonds. The van der Waals surface area contributed by atoms with E-state index >= 15 is 4.39 Å². The number of primary amides is 1. The quantitative estimate of drug-likeness (QED) is 0.478. The number of rotatable bonds is 5. The molecule has 2 heterocycles. The Balaban J connectivity index is 1.79. The molecule has 1 aliphatic heterocycles. The molecule has 0 unspecified atom stereocenters. The van der Waals surface area contributed by atoms with Gasteiger partial charge in [-0.3, -0.25) is 9.59 Å². The molecule has 0 saturated carbocycles. The van der Waals surface area contributed by atoms with Gasteiger partial charge in [-0.1, -0.05) is 17.8 Å². The Morgan fingerprint density at radius 2 is 1.89 bits per heavy atom. The summed E-state index contributed by atoms with van der Waals surface area (Å²) in [6, 6.07) is 6.19. The maximum Gasteiger partial charge on any atom is 0.296 e. The molecule has 0 radical (unpaired) electrons. The van der Waals surface area contributed by atoms with Gasteiger partial charge in [-0.15, -0.1) is 0 Å². The van der Waals surface area contributed by atoms with E-state index in [2.05, 4.69) is 34.0 Å². The van der Waals surface area contributed by atoms with Crippen LogP contribution in [0, 0.1) is 29.5 Å². The molecule has 0 aliphatic carbocycles. The number of methoxy groups -OCH3 is 2. The molecule has 0 spiro atoms. The van der Waals surface area contributed by atoms with Crippen molar-refractivity contribution in [3.05, 3.63) is 53.0 Å². The van der Waals surface area contributed by atoms with E-state index < -0.39 is 11.7 Å². The van der Waals surface area contributed by atoms with Crippen molar-refractivity contribution in [3.63, 3.8) is 0 Å². The van der Waals surface area contributed by atoms with Crippen molar-refractivity contribution in [2.45, 2.75) is 19.4 Å². The summed E-state index contributed by atoms with van der Waals surface area (Å²) in [6.07, 6.45) is 2.24. The van der Waals surface area contributed by atoms with Crippen LogP contribution in [-0.2, 0) is 4.79 Å². The highest BCUT2D eigenvalue weighted by Crippen LogP contribution is 2.36. The lowest BCUT2D eigenvalue weighted by Gasteiger charge is -2.21. The molecule has 1 atom stereocenters. The number of anilines is 1. The maximum absolute atomic E-state index is 15.5. The van der Waals surface area contributed by atoms with Gasteiger partial charge in [0.1, 0.15) is 17.3 Å². The minimum Gasteiger partial charge on any atom is -0.497 e. The number of aromatic nitrogens is 1. The average molecular weight is 489 g/mol. The van der Waals surface area contributed by atoms with Crippen LogP contribution in [0.15, 0.2) is 30.5 Å². The standard InChI is InChI=1S/C27H25FN4O4/c1-4-5-23(33)31-18-8-9-32(15-18)26-22(28)13-21(27(29)34)25-24(26)17(14-30-25)7-6-16-10-19(35-2)12-20(11-16)36-3/h10-14,18,30H,8-9,15H2,1-3H3,(H2,29,34)(H,31,33)/t18-/m0/s1. The number of carbonyl (C=O) groups excluding carboxylic acids is 2. The zero-order valence-electron chi connectivity index (χ0n) is 20.1. The Hall–Kier alpha value is -4.63. The van der Waals surface area contributed by atoms with Crippen molar-refractivity contribution >= 4 is 28.4 Å². The molecule has 36 heavy (non-hydrogen) atoms. The molecular weight excluding hydrogens is 463 g/mol. The Morgan fingerprint density at radius 3 is 2.53 bits per heavy atom. The topological polar surface area (TPSA) is 110 Å². The van der Waals surface area contributed by atoms with Crippen LogP contribution in [0.2, 0.25) is 0 Å².